The van der Waals surface area contributed by atoms with E-state index in [4.69, 9.17) is 10.5 Å². The lowest BCUT2D eigenvalue weighted by Gasteiger charge is -2.19. The van der Waals surface area contributed by atoms with Crippen molar-refractivity contribution in [3.8, 4) is 0 Å². The number of guanidine groups is 1. The van der Waals surface area contributed by atoms with Crippen molar-refractivity contribution in [1.29, 1.82) is 0 Å². The summed E-state index contributed by atoms with van der Waals surface area (Å²) in [5.74, 6) is 0.429. The molecule has 0 aromatic heterocycles. The summed E-state index contributed by atoms with van der Waals surface area (Å²) in [4.78, 5) is 15.8. The SMILES string of the molecule is CC(C)(C)OC(=O)NCCCCN=C(N)Nc1ccc2c(c1)CCC2. The number of nitrogens with two attached hydrogens (primary N) is 1. The van der Waals surface area contributed by atoms with Crippen LogP contribution in [0.25, 0.3) is 0 Å². The lowest BCUT2D eigenvalue weighted by Crippen LogP contribution is -2.33. The summed E-state index contributed by atoms with van der Waals surface area (Å²) in [7, 11) is 0. The van der Waals surface area contributed by atoms with Gasteiger partial charge >= 0.3 is 6.09 Å². The van der Waals surface area contributed by atoms with Gasteiger partial charge in [-0.1, -0.05) is 6.07 Å². The summed E-state index contributed by atoms with van der Waals surface area (Å²) in [6.07, 6.45) is 4.86. The summed E-state index contributed by atoms with van der Waals surface area (Å²) in [5.41, 5.74) is 9.31. The molecule has 4 N–H and O–H groups in total. The number of hydrogen-bond donors (Lipinski definition) is 3. The number of anilines is 1. The van der Waals surface area contributed by atoms with Gasteiger partial charge in [0.05, 0.1) is 0 Å². The molecule has 0 bridgehead atoms. The quantitative estimate of drug-likeness (QED) is 0.419. The van der Waals surface area contributed by atoms with Crippen molar-refractivity contribution in [2.75, 3.05) is 18.4 Å². The molecule has 0 spiro atoms. The van der Waals surface area contributed by atoms with Gasteiger partial charge in [0.2, 0.25) is 0 Å². The summed E-state index contributed by atoms with van der Waals surface area (Å²) in [6, 6.07) is 6.38. The third-order valence-electron chi connectivity index (χ3n) is 3.91. The molecule has 0 radical (unpaired) electrons. The molecule has 6 heteroatoms. The third kappa shape index (κ3) is 7.03. The van der Waals surface area contributed by atoms with E-state index in [2.05, 4.69) is 33.8 Å². The van der Waals surface area contributed by atoms with E-state index >= 15 is 0 Å². The first-order valence-electron chi connectivity index (χ1n) is 8.99. The molecule has 6 nitrogen and oxygen atoms in total. The third-order valence-corrected chi connectivity index (χ3v) is 3.91. The highest BCUT2D eigenvalue weighted by molar-refractivity contribution is 5.92. The van der Waals surface area contributed by atoms with Crippen molar-refractivity contribution in [2.24, 2.45) is 10.7 Å². The van der Waals surface area contributed by atoms with Crippen LogP contribution in [0, 0.1) is 0 Å². The van der Waals surface area contributed by atoms with Crippen molar-refractivity contribution in [3.63, 3.8) is 0 Å². The van der Waals surface area contributed by atoms with Crippen LogP contribution in [0.5, 0.6) is 0 Å². The maximum Gasteiger partial charge on any atom is 0.407 e. The number of carbonyl (C=O) groups is 1. The Labute approximate surface area is 150 Å². The average Bonchev–Trinajstić information content (AvgIpc) is 2.96. The van der Waals surface area contributed by atoms with Crippen molar-refractivity contribution in [1.82, 2.24) is 5.32 Å². The number of unbranched alkanes of at least 4 members (excludes halogenated alkanes) is 1. The minimum atomic E-state index is -0.466. The van der Waals surface area contributed by atoms with Crippen LogP contribution >= 0.6 is 0 Å². The van der Waals surface area contributed by atoms with E-state index in [1.54, 1.807) is 0 Å². The molecule has 0 heterocycles. The molecule has 138 valence electrons. The molecule has 0 fully saturated rings. The number of hydrogen-bond acceptors (Lipinski definition) is 3. The largest absolute Gasteiger partial charge is 0.444 e. The molecule has 1 aromatic rings. The van der Waals surface area contributed by atoms with E-state index in [-0.39, 0.29) is 6.09 Å². The molecule has 2 rings (SSSR count). The highest BCUT2D eigenvalue weighted by atomic mass is 16.6. The van der Waals surface area contributed by atoms with E-state index < -0.39 is 5.60 Å². The van der Waals surface area contributed by atoms with Crippen LogP contribution in [0.1, 0.15) is 51.2 Å². The number of amides is 1. The number of rotatable bonds is 6. The number of benzene rings is 1. The second-order valence-electron chi connectivity index (χ2n) is 7.36. The maximum atomic E-state index is 11.5. The van der Waals surface area contributed by atoms with Gasteiger partial charge in [0.15, 0.2) is 5.96 Å². The first-order chi connectivity index (χ1) is 11.8. The predicted molar refractivity (Wildman–Crippen MR) is 102 cm³/mol. The monoisotopic (exact) mass is 346 g/mol. The molecule has 25 heavy (non-hydrogen) atoms. The van der Waals surface area contributed by atoms with Gasteiger partial charge in [-0.2, -0.15) is 0 Å². The Morgan fingerprint density at radius 1 is 1.24 bits per heavy atom. The Bertz CT molecular complexity index is 620. The number of fused-ring (bicyclic) bond motifs is 1. The van der Waals surface area contributed by atoms with E-state index in [0.29, 0.717) is 19.0 Å². The molecular weight excluding hydrogens is 316 g/mol. The molecule has 1 aliphatic carbocycles. The standard InChI is InChI=1S/C19H30N4O2/c1-19(2,3)25-18(24)22-12-5-4-11-21-17(20)23-16-10-9-14-7-6-8-15(14)13-16/h9-10,13H,4-8,11-12H2,1-3H3,(H,22,24)(H3,20,21,23). The lowest BCUT2D eigenvalue weighted by atomic mass is 10.1. The Morgan fingerprint density at radius 3 is 2.76 bits per heavy atom. The molecule has 0 saturated carbocycles. The number of carbonyl (C=O) groups excluding carboxylic acids is 1. The number of nitrogens with one attached hydrogen (secondary N) is 2. The highest BCUT2D eigenvalue weighted by Gasteiger charge is 2.15. The Kier molecular flexibility index (Phi) is 6.67. The van der Waals surface area contributed by atoms with Gasteiger partial charge in [-0.15, -0.1) is 0 Å². The van der Waals surface area contributed by atoms with Crippen molar-refractivity contribution >= 4 is 17.7 Å². The van der Waals surface area contributed by atoms with Crippen LogP contribution in [-0.2, 0) is 17.6 Å². The van der Waals surface area contributed by atoms with E-state index in [9.17, 15) is 4.79 Å². The first kappa shape index (κ1) is 19.1. The average molecular weight is 346 g/mol. The van der Waals surface area contributed by atoms with Crippen LogP contribution in [0.3, 0.4) is 0 Å². The number of ether oxygens (including phenoxy) is 1. The number of nitrogens with zero attached hydrogens (tertiary/aromatic N) is 1. The zero-order valence-corrected chi connectivity index (χ0v) is 15.5. The number of aliphatic imine (C=N–C) groups is 1. The fourth-order valence-corrected chi connectivity index (χ4v) is 2.78. The minimum Gasteiger partial charge on any atom is -0.444 e. The van der Waals surface area contributed by atoms with Crippen molar-refractivity contribution in [2.45, 2.75) is 58.5 Å². The number of alkyl carbamates (subject to hydrolysis) is 1. The van der Waals surface area contributed by atoms with Gasteiger partial charge in [-0.25, -0.2) is 4.79 Å². The van der Waals surface area contributed by atoms with Crippen LogP contribution in [0.2, 0.25) is 0 Å². The summed E-state index contributed by atoms with van der Waals surface area (Å²) < 4.78 is 5.17. The Hall–Kier alpha value is -2.24. The molecule has 0 saturated heterocycles. The van der Waals surface area contributed by atoms with Gasteiger partial charge in [0, 0.05) is 18.8 Å². The second kappa shape index (κ2) is 8.74. The number of aryl methyl sites for hydroxylation is 2. The van der Waals surface area contributed by atoms with Crippen LogP contribution in [0.15, 0.2) is 23.2 Å². The maximum absolute atomic E-state index is 11.5. The zero-order valence-electron chi connectivity index (χ0n) is 15.5. The van der Waals surface area contributed by atoms with Gasteiger partial charge in [0.1, 0.15) is 5.60 Å². The smallest absolute Gasteiger partial charge is 0.407 e. The van der Waals surface area contributed by atoms with Gasteiger partial charge < -0.3 is 21.1 Å². The minimum absolute atomic E-state index is 0.381. The zero-order chi connectivity index (χ0) is 18.3. The first-order valence-corrected chi connectivity index (χ1v) is 8.99. The normalized spacial score (nSPS) is 14.1. The summed E-state index contributed by atoms with van der Waals surface area (Å²) in [5, 5.41) is 5.88. The van der Waals surface area contributed by atoms with E-state index in [1.807, 2.05) is 20.8 Å². The van der Waals surface area contributed by atoms with E-state index in [1.165, 1.54) is 24.0 Å². The van der Waals surface area contributed by atoms with Gasteiger partial charge in [-0.05, 0) is 76.1 Å². The fourth-order valence-electron chi connectivity index (χ4n) is 2.78. The van der Waals surface area contributed by atoms with Gasteiger partial charge in [0.25, 0.3) is 0 Å². The molecule has 0 aliphatic heterocycles. The molecule has 1 aliphatic rings. The Morgan fingerprint density at radius 2 is 2.00 bits per heavy atom. The fraction of sp³-hybridized carbons (Fsp3) is 0.579. The molecule has 0 atom stereocenters. The van der Waals surface area contributed by atoms with Gasteiger partial charge in [-0.3, -0.25) is 4.99 Å². The molecular formula is C19H30N4O2. The van der Waals surface area contributed by atoms with Crippen LogP contribution in [-0.4, -0.2) is 30.7 Å². The molecule has 1 amide bonds. The van der Waals surface area contributed by atoms with E-state index in [0.717, 1.165) is 24.9 Å². The van der Waals surface area contributed by atoms with Crippen molar-refractivity contribution in [3.05, 3.63) is 29.3 Å². The lowest BCUT2D eigenvalue weighted by molar-refractivity contribution is 0.0527. The van der Waals surface area contributed by atoms with Crippen LogP contribution in [0.4, 0.5) is 10.5 Å². The molecule has 1 aromatic carbocycles. The second-order valence-corrected chi connectivity index (χ2v) is 7.36. The molecule has 0 unspecified atom stereocenters. The Balaban J connectivity index is 1.62. The predicted octanol–water partition coefficient (Wildman–Crippen LogP) is 3.21. The summed E-state index contributed by atoms with van der Waals surface area (Å²) in [6.45, 7) is 6.73. The van der Waals surface area contributed by atoms with Crippen molar-refractivity contribution < 1.29 is 9.53 Å². The summed E-state index contributed by atoms with van der Waals surface area (Å²) >= 11 is 0. The van der Waals surface area contributed by atoms with Crippen LogP contribution < -0.4 is 16.4 Å². The topological polar surface area (TPSA) is 88.7 Å². The highest BCUT2D eigenvalue weighted by Crippen LogP contribution is 2.24.